The molecule has 4 aromatic carbocycles. The van der Waals surface area contributed by atoms with E-state index in [-0.39, 0.29) is 17.1 Å². The molecule has 0 amide bonds. The van der Waals surface area contributed by atoms with Crippen LogP contribution in [0, 0.1) is 36.5 Å². The van der Waals surface area contributed by atoms with E-state index in [1.165, 1.54) is 12.1 Å². The van der Waals surface area contributed by atoms with E-state index in [2.05, 4.69) is 10.1 Å². The zero-order valence-electron chi connectivity index (χ0n) is 23.1. The fourth-order valence-corrected chi connectivity index (χ4v) is 5.82. The van der Waals surface area contributed by atoms with Crippen LogP contribution in [0.5, 0.6) is 0 Å². The molecule has 216 valence electrons. The summed E-state index contributed by atoms with van der Waals surface area (Å²) in [6.07, 6.45) is -3.41. The Labute approximate surface area is 253 Å². The Morgan fingerprint density at radius 1 is 0.733 bits per heavy atom. The van der Waals surface area contributed by atoms with Gasteiger partial charge in [0.15, 0.2) is 5.71 Å². The fourth-order valence-electron chi connectivity index (χ4n) is 5.82. The topological polar surface area (TPSA) is 66.3 Å². The quantitative estimate of drug-likeness (QED) is 0.0860. The monoisotopic (exact) mass is 601 g/mol. The Kier molecular flexibility index (Phi) is 6.20. The maximum atomic E-state index is 14.9. The zero-order valence-corrected chi connectivity index (χ0v) is 23.1. The van der Waals surface area contributed by atoms with E-state index in [0.29, 0.717) is 73.4 Å². The van der Waals surface area contributed by atoms with Crippen molar-refractivity contribution >= 4 is 11.3 Å². The van der Waals surface area contributed by atoms with Crippen LogP contribution < -0.4 is 0 Å². The number of allylic oxidation sites excluding steroid dienone is 1. The van der Waals surface area contributed by atoms with Gasteiger partial charge in [0.2, 0.25) is 0 Å². The minimum absolute atomic E-state index is 0.0392. The van der Waals surface area contributed by atoms with Crippen molar-refractivity contribution in [3.05, 3.63) is 136 Å². The van der Waals surface area contributed by atoms with Crippen LogP contribution in [0.2, 0.25) is 0 Å². The normalized spacial score (nSPS) is 14.5. The summed E-state index contributed by atoms with van der Waals surface area (Å²) >= 11 is 0. The number of aryl methyl sites for hydroxylation is 1. The van der Waals surface area contributed by atoms with Crippen LogP contribution in [-0.2, 0) is 6.18 Å². The van der Waals surface area contributed by atoms with Crippen molar-refractivity contribution in [1.29, 1.82) is 5.26 Å². The Morgan fingerprint density at radius 3 is 1.93 bits per heavy atom. The molecule has 0 saturated carbocycles. The lowest BCUT2D eigenvalue weighted by molar-refractivity contribution is -0.137. The second-order valence-corrected chi connectivity index (χ2v) is 10.6. The number of nitriles is 1. The van der Waals surface area contributed by atoms with Gasteiger partial charge in [0.05, 0.1) is 33.8 Å². The van der Waals surface area contributed by atoms with E-state index in [0.717, 1.165) is 17.7 Å². The van der Waals surface area contributed by atoms with E-state index in [1.807, 2.05) is 6.07 Å². The summed E-state index contributed by atoms with van der Waals surface area (Å²) in [7, 11) is 0. The number of alkyl halides is 3. The van der Waals surface area contributed by atoms with E-state index in [9.17, 15) is 27.2 Å². The number of hydrogen-bond acceptors (Lipinski definition) is 4. The van der Waals surface area contributed by atoms with Crippen molar-refractivity contribution in [2.24, 2.45) is 5.10 Å². The lowest BCUT2D eigenvalue weighted by Crippen LogP contribution is -2.05. The van der Waals surface area contributed by atoms with Crippen molar-refractivity contribution in [1.82, 2.24) is 9.97 Å². The van der Waals surface area contributed by atoms with Gasteiger partial charge in [0.1, 0.15) is 17.3 Å². The fraction of sp³-hybridized carbons (Fsp3) is 0.0571. The summed E-state index contributed by atoms with van der Waals surface area (Å²) in [6, 6.07) is 19.3. The molecule has 45 heavy (non-hydrogen) atoms. The highest BCUT2D eigenvalue weighted by molar-refractivity contribution is 6.24. The molecule has 0 spiro atoms. The molecule has 0 bridgehead atoms. The molecule has 0 radical (unpaired) electrons. The summed E-state index contributed by atoms with van der Waals surface area (Å²) in [5, 5.41) is 13.7. The third-order valence-electron chi connectivity index (χ3n) is 7.87. The largest absolute Gasteiger partial charge is 0.416 e. The summed E-state index contributed by atoms with van der Waals surface area (Å²) in [5.41, 5.74) is 5.38. The van der Waals surface area contributed by atoms with Gasteiger partial charge in [0, 0.05) is 39.5 Å². The summed E-state index contributed by atoms with van der Waals surface area (Å²) in [6.45, 7) is 9.24. The zero-order chi connectivity index (χ0) is 31.6. The minimum Gasteiger partial charge on any atom is -0.243 e. The number of fused-ring (bicyclic) bond motifs is 6. The highest BCUT2D eigenvalue weighted by Gasteiger charge is 2.36. The first-order chi connectivity index (χ1) is 21.6. The smallest absolute Gasteiger partial charge is 0.243 e. The molecule has 0 saturated heterocycles. The van der Waals surface area contributed by atoms with Crippen molar-refractivity contribution < 1.29 is 22.0 Å². The highest BCUT2D eigenvalue weighted by Crippen LogP contribution is 2.47. The van der Waals surface area contributed by atoms with E-state index in [4.69, 9.17) is 16.5 Å². The van der Waals surface area contributed by atoms with Gasteiger partial charge in [-0.25, -0.2) is 18.7 Å². The molecule has 5 aromatic rings. The third-order valence-corrected chi connectivity index (χ3v) is 7.87. The van der Waals surface area contributed by atoms with E-state index >= 15 is 0 Å². The van der Waals surface area contributed by atoms with Crippen LogP contribution in [0.3, 0.4) is 0 Å². The van der Waals surface area contributed by atoms with Crippen molar-refractivity contribution in [2.45, 2.75) is 13.1 Å². The van der Waals surface area contributed by atoms with Gasteiger partial charge in [0.25, 0.3) is 0 Å². The molecule has 0 atom stereocenters. The number of benzene rings is 4. The average molecular weight is 602 g/mol. The number of aromatic nitrogens is 2. The Bertz CT molecular complexity index is 2270. The SMILES string of the molecule is [C-]#[N+]/N=C1\c2cc(-c3ccc(C)cc3F)ccc2-c2nc3c(nc21)-c1ccc(-c2ccc(C(F)(F)F)cc2F)cc1/C3=C\C#N. The van der Waals surface area contributed by atoms with Gasteiger partial charge < -0.3 is 0 Å². The first-order valence-corrected chi connectivity index (χ1v) is 13.5. The van der Waals surface area contributed by atoms with Crippen molar-refractivity contribution in [2.75, 3.05) is 0 Å². The second kappa shape index (κ2) is 10.0. The predicted molar refractivity (Wildman–Crippen MR) is 158 cm³/mol. The van der Waals surface area contributed by atoms with Crippen molar-refractivity contribution in [3.8, 4) is 50.8 Å². The number of hydrogen-bond donors (Lipinski definition) is 0. The van der Waals surface area contributed by atoms with Crippen LogP contribution in [-0.4, -0.2) is 15.7 Å². The molecule has 0 N–H and O–H groups in total. The molecular formula is C35H16F5N5. The lowest BCUT2D eigenvalue weighted by atomic mass is 9.97. The minimum atomic E-state index is -4.69. The molecular weight excluding hydrogens is 585 g/mol. The van der Waals surface area contributed by atoms with E-state index < -0.39 is 17.6 Å². The van der Waals surface area contributed by atoms with Crippen LogP contribution in [0.1, 0.15) is 33.6 Å². The van der Waals surface area contributed by atoms with Crippen LogP contribution in [0.15, 0.2) is 84.0 Å². The maximum absolute atomic E-state index is 14.9. The molecule has 0 fully saturated rings. The number of halogens is 5. The first-order valence-electron chi connectivity index (χ1n) is 13.5. The first kappa shape index (κ1) is 27.8. The lowest BCUT2D eigenvalue weighted by Gasteiger charge is -2.10. The third kappa shape index (κ3) is 4.38. The molecule has 1 heterocycles. The van der Waals surface area contributed by atoms with Gasteiger partial charge in [-0.15, -0.1) is 4.95 Å². The molecule has 10 heteroatoms. The van der Waals surface area contributed by atoms with Gasteiger partial charge in [-0.2, -0.15) is 25.0 Å². The average Bonchev–Trinajstić information content (AvgIpc) is 3.47. The molecule has 0 aliphatic heterocycles. The highest BCUT2D eigenvalue weighted by atomic mass is 19.4. The Hall–Kier alpha value is -6.00. The second-order valence-electron chi connectivity index (χ2n) is 10.6. The van der Waals surface area contributed by atoms with Crippen LogP contribution in [0.4, 0.5) is 22.0 Å². The maximum Gasteiger partial charge on any atom is 0.416 e. The van der Waals surface area contributed by atoms with Gasteiger partial charge >= 0.3 is 6.18 Å². The molecule has 7 rings (SSSR count). The van der Waals surface area contributed by atoms with Gasteiger partial charge in [-0.1, -0.05) is 42.5 Å². The molecule has 5 nitrogen and oxygen atoms in total. The van der Waals surface area contributed by atoms with Crippen molar-refractivity contribution in [3.63, 3.8) is 0 Å². The number of rotatable bonds is 2. The van der Waals surface area contributed by atoms with E-state index in [1.54, 1.807) is 55.5 Å². The molecule has 2 aliphatic carbocycles. The predicted octanol–water partition coefficient (Wildman–Crippen LogP) is 9.00. The Morgan fingerprint density at radius 2 is 1.31 bits per heavy atom. The van der Waals surface area contributed by atoms with Crippen LogP contribution in [0.25, 0.3) is 55.3 Å². The standard InChI is InChI=1S/C35H16F5N5/c1-17-3-7-21(28(36)13-17)19-5-9-24-27(15-19)33(45-42-2)34-32(24)43-31-25(11-12-41)26-14-18(4-8-23(26)30(31)44-34)22-10-6-20(16-29(22)37)35(38,39)40/h3-11,13-16H,1H3/b25-11+,45-33+. The van der Waals surface area contributed by atoms with Gasteiger partial charge in [-0.05, 0) is 59.5 Å². The number of nitrogens with zero attached hydrogens (tertiary/aromatic N) is 5. The molecule has 0 unspecified atom stereocenters. The van der Waals surface area contributed by atoms with Crippen LogP contribution >= 0.6 is 0 Å². The summed E-state index contributed by atoms with van der Waals surface area (Å²) < 4.78 is 69.0. The Balaban J connectivity index is 1.36. The molecule has 1 aromatic heterocycles. The molecule has 2 aliphatic rings. The summed E-state index contributed by atoms with van der Waals surface area (Å²) in [5.74, 6) is -1.43. The summed E-state index contributed by atoms with van der Waals surface area (Å²) in [4.78, 5) is 13.0. The van der Waals surface area contributed by atoms with Gasteiger partial charge in [-0.3, -0.25) is 0 Å².